The van der Waals surface area contributed by atoms with Gasteiger partial charge >= 0.3 is 0 Å². The fourth-order valence-electron chi connectivity index (χ4n) is 3.81. The summed E-state index contributed by atoms with van der Waals surface area (Å²) in [5, 5.41) is 12.4. The normalized spacial score (nSPS) is 14.5. The van der Waals surface area contributed by atoms with Crippen LogP contribution < -0.4 is 10.2 Å². The number of nitrogens with one attached hydrogen (secondary N) is 1. The Hall–Kier alpha value is -3.06. The number of amides is 1. The van der Waals surface area contributed by atoms with Gasteiger partial charge in [0.1, 0.15) is 11.6 Å². The average molecular weight is 374 g/mol. The maximum Gasteiger partial charge on any atom is 0.266 e. The average Bonchev–Trinajstić information content (AvgIpc) is 2.70. The Morgan fingerprint density at radius 3 is 2.21 bits per heavy atom. The Bertz CT molecular complexity index is 906. The first-order valence-corrected chi connectivity index (χ1v) is 9.84. The first kappa shape index (κ1) is 19.7. The smallest absolute Gasteiger partial charge is 0.266 e. The molecule has 0 spiro atoms. The standard InChI is InChI=1S/C24H27N3O/c1-17-13-18(2)23(19(3)14-17)26-24(28)21(16-25)15-20-7-9-22(10-8-20)27-11-5-4-6-12-27/h7-10,13-15H,4-6,11-12H2,1-3H3,(H,26,28)/b21-15+. The zero-order valence-corrected chi connectivity index (χ0v) is 16.9. The molecule has 1 aliphatic rings. The maximum atomic E-state index is 12.6. The van der Waals surface area contributed by atoms with Crippen molar-refractivity contribution in [3.63, 3.8) is 0 Å². The lowest BCUT2D eigenvalue weighted by Gasteiger charge is -2.28. The number of nitriles is 1. The van der Waals surface area contributed by atoms with Crippen molar-refractivity contribution in [3.8, 4) is 6.07 Å². The van der Waals surface area contributed by atoms with Crippen LogP contribution in [-0.4, -0.2) is 19.0 Å². The molecule has 1 fully saturated rings. The third-order valence-corrected chi connectivity index (χ3v) is 5.21. The van der Waals surface area contributed by atoms with Gasteiger partial charge in [-0.15, -0.1) is 0 Å². The van der Waals surface area contributed by atoms with Crippen LogP contribution in [0.2, 0.25) is 0 Å². The first-order chi connectivity index (χ1) is 13.5. The van der Waals surface area contributed by atoms with Crippen LogP contribution in [0, 0.1) is 32.1 Å². The molecule has 2 aromatic carbocycles. The van der Waals surface area contributed by atoms with Crippen LogP contribution in [0.1, 0.15) is 41.5 Å². The van der Waals surface area contributed by atoms with Crippen molar-refractivity contribution in [2.75, 3.05) is 23.3 Å². The Labute approximate surface area is 167 Å². The van der Waals surface area contributed by atoms with Crippen LogP contribution in [-0.2, 0) is 4.79 Å². The monoisotopic (exact) mass is 373 g/mol. The van der Waals surface area contributed by atoms with E-state index < -0.39 is 0 Å². The number of hydrogen-bond acceptors (Lipinski definition) is 3. The molecular formula is C24H27N3O. The number of anilines is 2. The van der Waals surface area contributed by atoms with Crippen molar-refractivity contribution in [2.24, 2.45) is 0 Å². The summed E-state index contributed by atoms with van der Waals surface area (Å²) in [6.45, 7) is 8.14. The molecule has 3 rings (SSSR count). The van der Waals surface area contributed by atoms with Crippen molar-refractivity contribution in [1.29, 1.82) is 5.26 Å². The predicted molar refractivity (Wildman–Crippen MR) is 115 cm³/mol. The van der Waals surface area contributed by atoms with E-state index in [2.05, 4.69) is 22.3 Å². The molecule has 28 heavy (non-hydrogen) atoms. The molecule has 0 bridgehead atoms. The minimum atomic E-state index is -0.377. The number of benzene rings is 2. The molecule has 0 aromatic heterocycles. The van der Waals surface area contributed by atoms with Gasteiger partial charge in [0.2, 0.25) is 0 Å². The number of aryl methyl sites for hydroxylation is 3. The molecule has 1 amide bonds. The van der Waals surface area contributed by atoms with Crippen LogP contribution >= 0.6 is 0 Å². The van der Waals surface area contributed by atoms with Gasteiger partial charge < -0.3 is 10.2 Å². The molecule has 144 valence electrons. The number of carbonyl (C=O) groups is 1. The lowest BCUT2D eigenvalue weighted by Crippen LogP contribution is -2.29. The quantitative estimate of drug-likeness (QED) is 0.596. The zero-order valence-electron chi connectivity index (χ0n) is 16.9. The summed E-state index contributed by atoms with van der Waals surface area (Å²) in [5.41, 5.74) is 6.07. The van der Waals surface area contributed by atoms with Crippen molar-refractivity contribution in [3.05, 3.63) is 64.2 Å². The maximum absolute atomic E-state index is 12.6. The first-order valence-electron chi connectivity index (χ1n) is 9.84. The van der Waals surface area contributed by atoms with Gasteiger partial charge in [-0.3, -0.25) is 4.79 Å². The SMILES string of the molecule is Cc1cc(C)c(NC(=O)/C(C#N)=C/c2ccc(N3CCCCC3)cc2)c(C)c1. The molecule has 0 unspecified atom stereocenters. The molecule has 2 aromatic rings. The summed E-state index contributed by atoms with van der Waals surface area (Å²) in [6.07, 6.45) is 5.42. The molecule has 0 radical (unpaired) electrons. The van der Waals surface area contributed by atoms with Gasteiger partial charge in [0.25, 0.3) is 5.91 Å². The second kappa shape index (κ2) is 8.75. The molecule has 1 aliphatic heterocycles. The summed E-state index contributed by atoms with van der Waals surface area (Å²) in [7, 11) is 0. The van der Waals surface area contributed by atoms with E-state index in [0.29, 0.717) is 0 Å². The molecule has 1 N–H and O–H groups in total. The van der Waals surface area contributed by atoms with E-state index in [1.165, 1.54) is 24.9 Å². The highest BCUT2D eigenvalue weighted by Crippen LogP contribution is 2.24. The van der Waals surface area contributed by atoms with E-state index >= 15 is 0 Å². The van der Waals surface area contributed by atoms with Crippen LogP contribution in [0.4, 0.5) is 11.4 Å². The topological polar surface area (TPSA) is 56.1 Å². The summed E-state index contributed by atoms with van der Waals surface area (Å²) in [5.74, 6) is -0.377. The fourth-order valence-corrected chi connectivity index (χ4v) is 3.81. The largest absolute Gasteiger partial charge is 0.372 e. The minimum absolute atomic E-state index is 0.102. The lowest BCUT2D eigenvalue weighted by molar-refractivity contribution is -0.112. The third kappa shape index (κ3) is 4.61. The Morgan fingerprint density at radius 2 is 1.64 bits per heavy atom. The van der Waals surface area contributed by atoms with Gasteiger partial charge in [-0.05, 0) is 74.9 Å². The number of carbonyl (C=O) groups excluding carboxylic acids is 1. The molecule has 0 atom stereocenters. The van der Waals surface area contributed by atoms with Gasteiger partial charge in [-0.2, -0.15) is 5.26 Å². The number of rotatable bonds is 4. The van der Waals surface area contributed by atoms with Crippen LogP contribution in [0.25, 0.3) is 6.08 Å². The lowest BCUT2D eigenvalue weighted by atomic mass is 10.0. The summed E-state index contributed by atoms with van der Waals surface area (Å²) in [4.78, 5) is 15.0. The minimum Gasteiger partial charge on any atom is -0.372 e. The van der Waals surface area contributed by atoms with E-state index in [1.807, 2.05) is 51.1 Å². The zero-order chi connectivity index (χ0) is 20.1. The van der Waals surface area contributed by atoms with Crippen molar-refractivity contribution in [2.45, 2.75) is 40.0 Å². The van der Waals surface area contributed by atoms with Gasteiger partial charge in [-0.1, -0.05) is 29.8 Å². The third-order valence-electron chi connectivity index (χ3n) is 5.21. The van der Waals surface area contributed by atoms with Crippen LogP contribution in [0.15, 0.2) is 42.0 Å². The van der Waals surface area contributed by atoms with Crippen molar-refractivity contribution in [1.82, 2.24) is 0 Å². The van der Waals surface area contributed by atoms with E-state index in [-0.39, 0.29) is 11.5 Å². The highest BCUT2D eigenvalue weighted by atomic mass is 16.1. The molecular weight excluding hydrogens is 346 g/mol. The van der Waals surface area contributed by atoms with E-state index in [0.717, 1.165) is 41.0 Å². The summed E-state index contributed by atoms with van der Waals surface area (Å²) < 4.78 is 0. The Kier molecular flexibility index (Phi) is 6.16. The number of nitrogens with zero attached hydrogens (tertiary/aromatic N) is 2. The van der Waals surface area contributed by atoms with Crippen LogP contribution in [0.5, 0.6) is 0 Å². The van der Waals surface area contributed by atoms with Crippen molar-refractivity contribution >= 4 is 23.4 Å². The second-order valence-electron chi connectivity index (χ2n) is 7.54. The van der Waals surface area contributed by atoms with E-state index in [1.54, 1.807) is 6.08 Å². The highest BCUT2D eigenvalue weighted by molar-refractivity contribution is 6.10. The Balaban J connectivity index is 1.76. The summed E-state index contributed by atoms with van der Waals surface area (Å²) in [6, 6.07) is 14.2. The molecule has 0 saturated carbocycles. The molecule has 0 aliphatic carbocycles. The van der Waals surface area contributed by atoms with Crippen molar-refractivity contribution < 1.29 is 4.79 Å². The predicted octanol–water partition coefficient (Wildman–Crippen LogP) is 5.15. The number of hydrogen-bond donors (Lipinski definition) is 1. The molecule has 1 heterocycles. The van der Waals surface area contributed by atoms with Gasteiger partial charge in [0.05, 0.1) is 0 Å². The molecule has 1 saturated heterocycles. The van der Waals surface area contributed by atoms with Crippen LogP contribution in [0.3, 0.4) is 0 Å². The summed E-state index contributed by atoms with van der Waals surface area (Å²) >= 11 is 0. The van der Waals surface area contributed by atoms with E-state index in [4.69, 9.17) is 0 Å². The highest BCUT2D eigenvalue weighted by Gasteiger charge is 2.14. The number of piperidine rings is 1. The van der Waals surface area contributed by atoms with Gasteiger partial charge in [0.15, 0.2) is 0 Å². The van der Waals surface area contributed by atoms with E-state index in [9.17, 15) is 10.1 Å². The molecule has 4 heteroatoms. The van der Waals surface area contributed by atoms with Gasteiger partial charge in [0, 0.05) is 24.5 Å². The molecule has 4 nitrogen and oxygen atoms in total. The van der Waals surface area contributed by atoms with Gasteiger partial charge in [-0.25, -0.2) is 0 Å². The second-order valence-corrected chi connectivity index (χ2v) is 7.54. The Morgan fingerprint density at radius 1 is 1.04 bits per heavy atom. The fraction of sp³-hybridized carbons (Fsp3) is 0.333.